The SMILES string of the molecule is O=[N+]([O-])c1cnc(I)c(C(F)F)c1Br. The second-order valence-corrected chi connectivity index (χ2v) is 4.03. The van der Waals surface area contributed by atoms with Gasteiger partial charge in [-0.1, -0.05) is 0 Å². The molecule has 1 aromatic heterocycles. The summed E-state index contributed by atoms with van der Waals surface area (Å²) in [6, 6.07) is 0. The van der Waals surface area contributed by atoms with Crippen LogP contribution in [0.3, 0.4) is 0 Å². The standard InChI is InChI=1S/C6H2BrF2IN2O2/c7-4-2(12(13)14)1-11-6(10)3(4)5(8)9/h1,5H. The third-order valence-electron chi connectivity index (χ3n) is 1.40. The highest BCUT2D eigenvalue weighted by Crippen LogP contribution is 2.36. The van der Waals surface area contributed by atoms with Crippen molar-refractivity contribution in [3.63, 3.8) is 0 Å². The minimum absolute atomic E-state index is 0.0510. The largest absolute Gasteiger partial charge is 0.302 e. The van der Waals surface area contributed by atoms with E-state index in [2.05, 4.69) is 20.9 Å². The Labute approximate surface area is 99.1 Å². The second-order valence-electron chi connectivity index (χ2n) is 2.22. The van der Waals surface area contributed by atoms with Crippen LogP contribution >= 0.6 is 38.5 Å². The van der Waals surface area contributed by atoms with Crippen molar-refractivity contribution >= 4 is 44.2 Å². The third-order valence-corrected chi connectivity index (χ3v) is 3.09. The minimum atomic E-state index is -2.79. The molecule has 14 heavy (non-hydrogen) atoms. The van der Waals surface area contributed by atoms with Crippen LogP contribution in [0, 0.1) is 13.8 Å². The fraction of sp³-hybridized carbons (Fsp3) is 0.167. The van der Waals surface area contributed by atoms with Crippen molar-refractivity contribution in [2.45, 2.75) is 6.43 Å². The van der Waals surface area contributed by atoms with E-state index < -0.39 is 22.6 Å². The summed E-state index contributed by atoms with van der Waals surface area (Å²) < 4.78 is 24.7. The van der Waals surface area contributed by atoms with E-state index in [1.807, 2.05) is 0 Å². The average molecular weight is 379 g/mol. The lowest BCUT2D eigenvalue weighted by Crippen LogP contribution is -1.99. The molecule has 0 radical (unpaired) electrons. The Morgan fingerprint density at radius 2 is 2.21 bits per heavy atom. The molecule has 8 heteroatoms. The highest BCUT2D eigenvalue weighted by atomic mass is 127. The van der Waals surface area contributed by atoms with Crippen molar-refractivity contribution in [2.75, 3.05) is 0 Å². The lowest BCUT2D eigenvalue weighted by Gasteiger charge is -2.04. The van der Waals surface area contributed by atoms with Gasteiger partial charge in [-0.25, -0.2) is 13.8 Å². The Kier molecular flexibility index (Phi) is 3.70. The molecule has 0 aliphatic carbocycles. The lowest BCUT2D eigenvalue weighted by molar-refractivity contribution is -0.386. The number of nitrogens with zero attached hydrogens (tertiary/aromatic N) is 2. The Balaban J connectivity index is 3.41. The Morgan fingerprint density at radius 1 is 1.64 bits per heavy atom. The van der Waals surface area contributed by atoms with E-state index in [1.54, 1.807) is 22.6 Å². The lowest BCUT2D eigenvalue weighted by atomic mass is 10.3. The van der Waals surface area contributed by atoms with Gasteiger partial charge in [0.25, 0.3) is 6.43 Å². The Hall–Kier alpha value is -0.380. The van der Waals surface area contributed by atoms with Gasteiger partial charge in [0.2, 0.25) is 0 Å². The molecule has 0 saturated heterocycles. The molecule has 0 fully saturated rings. The van der Waals surface area contributed by atoms with E-state index >= 15 is 0 Å². The molecule has 0 spiro atoms. The summed E-state index contributed by atoms with van der Waals surface area (Å²) in [7, 11) is 0. The van der Waals surface area contributed by atoms with Crippen LogP contribution < -0.4 is 0 Å². The number of pyridine rings is 1. The second kappa shape index (κ2) is 4.43. The van der Waals surface area contributed by atoms with Gasteiger partial charge in [0.15, 0.2) is 0 Å². The first-order valence-electron chi connectivity index (χ1n) is 3.21. The van der Waals surface area contributed by atoms with Gasteiger partial charge in [0.05, 0.1) is 10.5 Å². The van der Waals surface area contributed by atoms with Crippen LogP contribution in [0.15, 0.2) is 10.7 Å². The predicted molar refractivity (Wildman–Crippen MR) is 56.3 cm³/mol. The number of alkyl halides is 2. The van der Waals surface area contributed by atoms with Gasteiger partial charge in [0.1, 0.15) is 14.4 Å². The summed E-state index contributed by atoms with van der Waals surface area (Å²) in [4.78, 5) is 13.1. The van der Waals surface area contributed by atoms with Crippen LogP contribution in [0.5, 0.6) is 0 Å². The summed E-state index contributed by atoms with van der Waals surface area (Å²) >= 11 is 4.36. The van der Waals surface area contributed by atoms with Crippen LogP contribution in [0.25, 0.3) is 0 Å². The highest BCUT2D eigenvalue weighted by molar-refractivity contribution is 14.1. The molecule has 1 heterocycles. The molecule has 0 bridgehead atoms. The zero-order valence-corrected chi connectivity index (χ0v) is 10.1. The topological polar surface area (TPSA) is 56.0 Å². The maximum absolute atomic E-state index is 12.4. The van der Waals surface area contributed by atoms with Gasteiger partial charge >= 0.3 is 5.69 Å². The first-order chi connectivity index (χ1) is 6.45. The molecule has 0 aromatic carbocycles. The molecule has 0 atom stereocenters. The molecule has 0 amide bonds. The van der Waals surface area contributed by atoms with E-state index in [0.717, 1.165) is 6.20 Å². The first-order valence-corrected chi connectivity index (χ1v) is 5.08. The van der Waals surface area contributed by atoms with Crippen molar-refractivity contribution in [2.24, 2.45) is 0 Å². The minimum Gasteiger partial charge on any atom is -0.258 e. The van der Waals surface area contributed by atoms with Gasteiger partial charge in [-0.05, 0) is 38.5 Å². The maximum Gasteiger partial charge on any atom is 0.302 e. The number of hydrogen-bond donors (Lipinski definition) is 0. The van der Waals surface area contributed by atoms with E-state index in [1.165, 1.54) is 0 Å². The molecule has 1 rings (SSSR count). The van der Waals surface area contributed by atoms with Crippen LogP contribution in [-0.2, 0) is 0 Å². The maximum atomic E-state index is 12.4. The highest BCUT2D eigenvalue weighted by Gasteiger charge is 2.24. The van der Waals surface area contributed by atoms with Crippen LogP contribution in [0.4, 0.5) is 14.5 Å². The summed E-state index contributed by atoms with van der Waals surface area (Å²) in [6.07, 6.45) is -1.85. The normalized spacial score (nSPS) is 10.6. The molecule has 1 aromatic rings. The fourth-order valence-corrected chi connectivity index (χ4v) is 2.41. The van der Waals surface area contributed by atoms with E-state index in [-0.39, 0.29) is 8.17 Å². The zero-order chi connectivity index (χ0) is 10.9. The van der Waals surface area contributed by atoms with E-state index in [9.17, 15) is 18.9 Å². The average Bonchev–Trinajstić information content (AvgIpc) is 2.02. The van der Waals surface area contributed by atoms with Crippen molar-refractivity contribution in [3.8, 4) is 0 Å². The van der Waals surface area contributed by atoms with Crippen LogP contribution in [-0.4, -0.2) is 9.91 Å². The quantitative estimate of drug-likeness (QED) is 0.343. The van der Waals surface area contributed by atoms with Gasteiger partial charge in [-0.3, -0.25) is 10.1 Å². The molecule has 0 saturated carbocycles. The monoisotopic (exact) mass is 378 g/mol. The number of aromatic nitrogens is 1. The molecule has 0 aliphatic rings. The number of rotatable bonds is 2. The van der Waals surface area contributed by atoms with Gasteiger partial charge in [-0.15, -0.1) is 0 Å². The van der Waals surface area contributed by atoms with Gasteiger partial charge in [0, 0.05) is 0 Å². The van der Waals surface area contributed by atoms with Crippen molar-refractivity contribution < 1.29 is 13.7 Å². The molecule has 4 nitrogen and oxygen atoms in total. The summed E-state index contributed by atoms with van der Waals surface area (Å²) in [6.45, 7) is 0. The van der Waals surface area contributed by atoms with Gasteiger partial charge < -0.3 is 0 Å². The van der Waals surface area contributed by atoms with Crippen molar-refractivity contribution in [1.82, 2.24) is 4.98 Å². The van der Waals surface area contributed by atoms with E-state index in [0.29, 0.717) is 0 Å². The number of hydrogen-bond acceptors (Lipinski definition) is 3. The molecule has 0 unspecified atom stereocenters. The molecule has 0 N–H and O–H groups in total. The van der Waals surface area contributed by atoms with Crippen molar-refractivity contribution in [3.05, 3.63) is 30.0 Å². The third kappa shape index (κ3) is 2.16. The number of halogens is 4. The molecule has 0 aliphatic heterocycles. The summed E-state index contributed by atoms with van der Waals surface area (Å²) in [5, 5.41) is 10.4. The predicted octanol–water partition coefficient (Wildman–Crippen LogP) is 3.29. The fourth-order valence-electron chi connectivity index (χ4n) is 0.786. The summed E-state index contributed by atoms with van der Waals surface area (Å²) in [5.74, 6) is 0. The van der Waals surface area contributed by atoms with Crippen molar-refractivity contribution in [1.29, 1.82) is 0 Å². The zero-order valence-electron chi connectivity index (χ0n) is 6.38. The number of nitro groups is 1. The Morgan fingerprint density at radius 3 is 2.64 bits per heavy atom. The summed E-state index contributed by atoms with van der Waals surface area (Å²) in [5.41, 5.74) is -0.902. The Bertz CT molecular complexity index is 388. The first kappa shape index (κ1) is 11.7. The molecule has 76 valence electrons. The molecular formula is C6H2BrF2IN2O2. The van der Waals surface area contributed by atoms with E-state index in [4.69, 9.17) is 0 Å². The van der Waals surface area contributed by atoms with Crippen LogP contribution in [0.1, 0.15) is 12.0 Å². The molecular weight excluding hydrogens is 377 g/mol. The van der Waals surface area contributed by atoms with Crippen LogP contribution in [0.2, 0.25) is 0 Å². The smallest absolute Gasteiger partial charge is 0.258 e. The van der Waals surface area contributed by atoms with Gasteiger partial charge in [-0.2, -0.15) is 0 Å².